The number of hydrogen-bond donors (Lipinski definition) is 0. The van der Waals surface area contributed by atoms with Gasteiger partial charge in [0.1, 0.15) is 5.75 Å². The topological polar surface area (TPSA) is 34.6 Å². The van der Waals surface area contributed by atoms with Crippen LogP contribution in [-0.4, -0.2) is 35.7 Å². The van der Waals surface area contributed by atoms with Crippen molar-refractivity contribution in [3.05, 3.63) is 82.5 Å². The lowest BCUT2D eigenvalue weighted by Crippen LogP contribution is -2.38. The van der Waals surface area contributed by atoms with Crippen LogP contribution < -0.4 is 4.74 Å². The smallest absolute Gasteiger partial charge is 0.128 e. The Morgan fingerprint density at radius 1 is 1.03 bits per heavy atom. The second-order valence-electron chi connectivity index (χ2n) is 9.40. The summed E-state index contributed by atoms with van der Waals surface area (Å²) in [6, 6.07) is 19.3. The summed E-state index contributed by atoms with van der Waals surface area (Å²) in [4.78, 5) is 7.60. The van der Waals surface area contributed by atoms with E-state index in [9.17, 15) is 0 Å². The van der Waals surface area contributed by atoms with E-state index in [1.807, 2.05) is 0 Å². The lowest BCUT2D eigenvalue weighted by Gasteiger charge is -2.34. The van der Waals surface area contributed by atoms with E-state index in [1.165, 1.54) is 27.8 Å². The molecular weight excluding hydrogens is 420 g/mol. The zero-order valence-electron chi connectivity index (χ0n) is 21.3. The summed E-state index contributed by atoms with van der Waals surface area (Å²) in [5.74, 6) is 0.952. The van der Waals surface area contributed by atoms with Crippen molar-refractivity contribution < 1.29 is 9.47 Å². The molecule has 3 aromatic rings. The average Bonchev–Trinajstić information content (AvgIpc) is 2.85. The number of pyridine rings is 1. The van der Waals surface area contributed by atoms with Gasteiger partial charge in [-0.3, -0.25) is 9.88 Å². The number of nitrogens with zero attached hydrogens (tertiary/aromatic N) is 2. The molecule has 1 aliphatic heterocycles. The maximum atomic E-state index is 6.39. The molecule has 1 fully saturated rings. The molecule has 0 N–H and O–H groups in total. The Morgan fingerprint density at radius 3 is 2.38 bits per heavy atom. The fourth-order valence-corrected chi connectivity index (χ4v) is 4.86. The first-order valence-electron chi connectivity index (χ1n) is 12.7. The molecule has 0 radical (unpaired) electrons. The summed E-state index contributed by atoms with van der Waals surface area (Å²) in [5.41, 5.74) is 8.43. The minimum atomic E-state index is 0.0977. The molecule has 1 unspecified atom stereocenters. The highest BCUT2D eigenvalue weighted by Crippen LogP contribution is 2.34. The molecule has 0 aliphatic carbocycles. The van der Waals surface area contributed by atoms with Crippen LogP contribution in [0.4, 0.5) is 0 Å². The first kappa shape index (κ1) is 24.4. The van der Waals surface area contributed by atoms with E-state index < -0.39 is 0 Å². The lowest BCUT2D eigenvalue weighted by molar-refractivity contribution is -0.0332. The summed E-state index contributed by atoms with van der Waals surface area (Å²) in [5, 5.41) is 0. The largest absolute Gasteiger partial charge is 0.491 e. The van der Waals surface area contributed by atoms with E-state index in [0.29, 0.717) is 0 Å². The molecule has 4 heteroatoms. The van der Waals surface area contributed by atoms with E-state index in [4.69, 9.17) is 14.5 Å². The van der Waals surface area contributed by atoms with Gasteiger partial charge in [-0.25, -0.2) is 0 Å². The number of morpholine rings is 1. The molecule has 1 saturated heterocycles. The molecule has 0 saturated carbocycles. The van der Waals surface area contributed by atoms with E-state index >= 15 is 0 Å². The van der Waals surface area contributed by atoms with Crippen LogP contribution in [0.1, 0.15) is 61.7 Å². The van der Waals surface area contributed by atoms with Gasteiger partial charge in [-0.15, -0.1) is 0 Å². The fraction of sp³-hybridized carbons (Fsp3) is 0.433. The predicted molar refractivity (Wildman–Crippen MR) is 139 cm³/mol. The van der Waals surface area contributed by atoms with Crippen molar-refractivity contribution in [3.63, 3.8) is 0 Å². The molecule has 0 spiro atoms. The fourth-order valence-electron chi connectivity index (χ4n) is 4.86. The van der Waals surface area contributed by atoms with Crippen molar-refractivity contribution in [1.82, 2.24) is 9.88 Å². The van der Waals surface area contributed by atoms with Crippen LogP contribution in [0, 0.1) is 6.92 Å². The van der Waals surface area contributed by atoms with Crippen LogP contribution in [0.2, 0.25) is 0 Å². The third kappa shape index (κ3) is 5.51. The zero-order valence-corrected chi connectivity index (χ0v) is 21.3. The van der Waals surface area contributed by atoms with E-state index in [1.54, 1.807) is 0 Å². The Labute approximate surface area is 204 Å². The van der Waals surface area contributed by atoms with Crippen LogP contribution in [0.25, 0.3) is 11.3 Å². The van der Waals surface area contributed by atoms with Gasteiger partial charge in [0.15, 0.2) is 0 Å². The van der Waals surface area contributed by atoms with Gasteiger partial charge in [0.2, 0.25) is 0 Å². The van der Waals surface area contributed by atoms with Gasteiger partial charge in [-0.05, 0) is 50.3 Å². The minimum absolute atomic E-state index is 0.0977. The highest BCUT2D eigenvalue weighted by atomic mass is 16.5. The molecule has 4 nitrogen and oxygen atoms in total. The van der Waals surface area contributed by atoms with Gasteiger partial charge in [-0.1, -0.05) is 62.4 Å². The number of aryl methyl sites for hydroxylation is 3. The zero-order chi connectivity index (χ0) is 24.1. The number of benzene rings is 2. The first-order valence-corrected chi connectivity index (χ1v) is 12.7. The van der Waals surface area contributed by atoms with Crippen molar-refractivity contribution >= 4 is 0 Å². The lowest BCUT2D eigenvalue weighted by atomic mass is 9.94. The molecule has 1 atom stereocenters. The Morgan fingerprint density at radius 2 is 1.74 bits per heavy atom. The standard InChI is InChI=1S/C30H38N2O2/c1-6-23-14-11-15-24(7-2)30(23)27-18-28(34-21(3)4)26(22(5)31-27)19-32-16-17-33-29(20-32)25-12-9-8-10-13-25/h8-15,18,21,29H,6-7,16-17,19-20H2,1-5H3. The summed E-state index contributed by atoms with van der Waals surface area (Å²) in [6.07, 6.45) is 2.17. The molecule has 4 rings (SSSR count). The highest BCUT2D eigenvalue weighted by molar-refractivity contribution is 5.70. The van der Waals surface area contributed by atoms with Crippen LogP contribution in [0.15, 0.2) is 54.6 Å². The van der Waals surface area contributed by atoms with Gasteiger partial charge in [0.25, 0.3) is 0 Å². The molecular formula is C30H38N2O2. The molecule has 180 valence electrons. The normalized spacial score (nSPS) is 16.7. The van der Waals surface area contributed by atoms with Gasteiger partial charge >= 0.3 is 0 Å². The average molecular weight is 459 g/mol. The Balaban J connectivity index is 1.67. The molecule has 0 amide bonds. The second-order valence-corrected chi connectivity index (χ2v) is 9.40. The van der Waals surface area contributed by atoms with Gasteiger partial charge in [0, 0.05) is 42.5 Å². The second kappa shape index (κ2) is 11.2. The Kier molecular flexibility index (Phi) is 8.02. The van der Waals surface area contributed by atoms with E-state index in [-0.39, 0.29) is 12.2 Å². The minimum Gasteiger partial charge on any atom is -0.491 e. The third-order valence-electron chi connectivity index (χ3n) is 6.61. The molecule has 1 aliphatic rings. The molecule has 2 heterocycles. The predicted octanol–water partition coefficient (Wildman–Crippen LogP) is 6.54. The SMILES string of the molecule is CCc1cccc(CC)c1-c1cc(OC(C)C)c(CN2CCOC(c3ccccc3)C2)c(C)n1. The van der Waals surface area contributed by atoms with Crippen LogP contribution in [0.3, 0.4) is 0 Å². The summed E-state index contributed by atoms with van der Waals surface area (Å²) < 4.78 is 12.5. The van der Waals surface area contributed by atoms with E-state index in [2.05, 4.69) is 94.1 Å². The maximum absolute atomic E-state index is 6.39. The Hall–Kier alpha value is -2.69. The number of ether oxygens (including phenoxy) is 2. The number of hydrogen-bond acceptors (Lipinski definition) is 4. The third-order valence-corrected chi connectivity index (χ3v) is 6.61. The van der Waals surface area contributed by atoms with Crippen molar-refractivity contribution in [2.45, 2.75) is 66.2 Å². The van der Waals surface area contributed by atoms with Crippen molar-refractivity contribution in [3.8, 4) is 17.0 Å². The van der Waals surface area contributed by atoms with Crippen molar-refractivity contribution in [2.24, 2.45) is 0 Å². The molecule has 1 aromatic heterocycles. The first-order chi connectivity index (χ1) is 16.5. The monoisotopic (exact) mass is 458 g/mol. The van der Waals surface area contributed by atoms with Crippen molar-refractivity contribution in [2.75, 3.05) is 19.7 Å². The Bertz CT molecular complexity index is 1070. The summed E-state index contributed by atoms with van der Waals surface area (Å²) in [6.45, 7) is 14.1. The molecule has 34 heavy (non-hydrogen) atoms. The van der Waals surface area contributed by atoms with Crippen LogP contribution >= 0.6 is 0 Å². The summed E-state index contributed by atoms with van der Waals surface area (Å²) in [7, 11) is 0. The maximum Gasteiger partial charge on any atom is 0.128 e. The van der Waals surface area contributed by atoms with Gasteiger partial charge in [0.05, 0.1) is 24.5 Å². The molecule has 2 aromatic carbocycles. The molecule has 0 bridgehead atoms. The van der Waals surface area contributed by atoms with E-state index in [0.717, 1.165) is 56.2 Å². The van der Waals surface area contributed by atoms with Crippen LogP contribution in [-0.2, 0) is 24.1 Å². The number of rotatable bonds is 8. The quantitative estimate of drug-likeness (QED) is 0.384. The van der Waals surface area contributed by atoms with Crippen LogP contribution in [0.5, 0.6) is 5.75 Å². The van der Waals surface area contributed by atoms with Gasteiger partial charge in [-0.2, -0.15) is 0 Å². The highest BCUT2D eigenvalue weighted by Gasteiger charge is 2.25. The number of aromatic nitrogens is 1. The summed E-state index contributed by atoms with van der Waals surface area (Å²) >= 11 is 0. The van der Waals surface area contributed by atoms with Gasteiger partial charge < -0.3 is 9.47 Å². The van der Waals surface area contributed by atoms with Crippen molar-refractivity contribution in [1.29, 1.82) is 0 Å².